The van der Waals surface area contributed by atoms with Gasteiger partial charge in [-0.25, -0.2) is 4.79 Å². The van der Waals surface area contributed by atoms with Gasteiger partial charge < -0.3 is 10.1 Å². The van der Waals surface area contributed by atoms with E-state index in [1.165, 1.54) is 0 Å². The van der Waals surface area contributed by atoms with Crippen LogP contribution in [0.1, 0.15) is 19.4 Å². The van der Waals surface area contributed by atoms with E-state index in [0.29, 0.717) is 13.1 Å². The lowest BCUT2D eigenvalue weighted by Crippen LogP contribution is -2.39. The van der Waals surface area contributed by atoms with Crippen molar-refractivity contribution in [2.75, 3.05) is 19.7 Å². The molecule has 2 rings (SSSR count). The number of hydrogen-bond donors (Lipinski definition) is 1. The molecule has 0 aromatic heterocycles. The van der Waals surface area contributed by atoms with Gasteiger partial charge in [-0.2, -0.15) is 0 Å². The number of benzene rings is 1. The molecule has 0 bridgehead atoms. The third kappa shape index (κ3) is 3.21. The first-order valence-corrected chi connectivity index (χ1v) is 6.74. The van der Waals surface area contributed by atoms with Gasteiger partial charge in [0.15, 0.2) is 6.61 Å². The molecule has 1 heterocycles. The fourth-order valence-corrected chi connectivity index (χ4v) is 2.07. The zero-order valence-electron chi connectivity index (χ0n) is 12.1. The van der Waals surface area contributed by atoms with Crippen molar-refractivity contribution in [3.8, 4) is 0 Å². The first-order valence-electron chi connectivity index (χ1n) is 6.74. The van der Waals surface area contributed by atoms with Gasteiger partial charge in [-0.15, -0.1) is 0 Å². The fraction of sp³-hybridized carbons (Fsp3) is 0.400. The van der Waals surface area contributed by atoms with Crippen LogP contribution >= 0.6 is 0 Å². The van der Waals surface area contributed by atoms with E-state index in [1.54, 1.807) is 13.8 Å². The Morgan fingerprint density at radius 3 is 2.52 bits per heavy atom. The lowest BCUT2D eigenvalue weighted by Gasteiger charge is -2.23. The van der Waals surface area contributed by atoms with E-state index in [1.807, 2.05) is 30.3 Å². The average Bonchev–Trinajstić information content (AvgIpc) is 2.91. The Morgan fingerprint density at radius 2 is 1.95 bits per heavy atom. The topological polar surface area (TPSA) is 75.7 Å². The molecule has 1 aliphatic rings. The summed E-state index contributed by atoms with van der Waals surface area (Å²) in [4.78, 5) is 36.4. The molecule has 1 saturated heterocycles. The van der Waals surface area contributed by atoms with Crippen molar-refractivity contribution >= 4 is 17.9 Å². The lowest BCUT2D eigenvalue weighted by molar-refractivity contribution is -0.155. The van der Waals surface area contributed by atoms with Gasteiger partial charge in [-0.05, 0) is 19.4 Å². The number of hydrogen-bond acceptors (Lipinski definition) is 4. The standard InChI is InChI=1S/C15H18N2O4/c1-15(2,11-6-4-3-5-7-11)13(19)21-10-12(18)17-9-8-16-14(17)20/h3-7H,8-10H2,1-2H3,(H,16,20). The van der Waals surface area contributed by atoms with E-state index < -0.39 is 29.9 Å². The summed E-state index contributed by atoms with van der Waals surface area (Å²) >= 11 is 0. The van der Waals surface area contributed by atoms with Crippen LogP contribution in [0, 0.1) is 0 Å². The Balaban J connectivity index is 1.95. The van der Waals surface area contributed by atoms with Crippen LogP contribution in [0.25, 0.3) is 0 Å². The quantitative estimate of drug-likeness (QED) is 0.841. The van der Waals surface area contributed by atoms with Gasteiger partial charge in [0.25, 0.3) is 5.91 Å². The summed E-state index contributed by atoms with van der Waals surface area (Å²) in [6.07, 6.45) is 0. The number of carbonyl (C=O) groups excluding carboxylic acids is 3. The van der Waals surface area contributed by atoms with E-state index in [4.69, 9.17) is 4.74 Å². The summed E-state index contributed by atoms with van der Waals surface area (Å²) in [6.45, 7) is 3.77. The third-order valence-electron chi connectivity index (χ3n) is 3.49. The molecule has 0 aliphatic carbocycles. The van der Waals surface area contributed by atoms with Crippen molar-refractivity contribution in [3.63, 3.8) is 0 Å². The van der Waals surface area contributed by atoms with Crippen molar-refractivity contribution < 1.29 is 19.1 Å². The molecule has 1 aromatic rings. The van der Waals surface area contributed by atoms with Gasteiger partial charge in [0.05, 0.1) is 5.41 Å². The van der Waals surface area contributed by atoms with E-state index in [2.05, 4.69) is 5.32 Å². The number of imide groups is 1. The molecule has 112 valence electrons. The van der Waals surface area contributed by atoms with Crippen LogP contribution in [0.2, 0.25) is 0 Å². The van der Waals surface area contributed by atoms with Gasteiger partial charge in [0.2, 0.25) is 0 Å². The second-order valence-corrected chi connectivity index (χ2v) is 5.34. The predicted octanol–water partition coefficient (Wildman–Crippen LogP) is 1.06. The highest BCUT2D eigenvalue weighted by atomic mass is 16.5. The summed E-state index contributed by atoms with van der Waals surface area (Å²) in [5, 5.41) is 2.52. The highest BCUT2D eigenvalue weighted by molar-refractivity contribution is 5.97. The van der Waals surface area contributed by atoms with Crippen molar-refractivity contribution in [2.45, 2.75) is 19.3 Å². The van der Waals surface area contributed by atoms with E-state index in [-0.39, 0.29) is 0 Å². The first-order chi connectivity index (χ1) is 9.93. The van der Waals surface area contributed by atoms with Crippen molar-refractivity contribution in [2.24, 2.45) is 0 Å². The summed E-state index contributed by atoms with van der Waals surface area (Å²) in [5.41, 5.74) is -0.0456. The van der Waals surface area contributed by atoms with E-state index >= 15 is 0 Å². The maximum atomic E-state index is 12.2. The molecule has 1 N–H and O–H groups in total. The number of esters is 1. The van der Waals surface area contributed by atoms with Gasteiger partial charge in [0.1, 0.15) is 0 Å². The zero-order valence-corrected chi connectivity index (χ0v) is 12.1. The van der Waals surface area contributed by atoms with Crippen molar-refractivity contribution in [1.29, 1.82) is 0 Å². The Kier molecular flexibility index (Phi) is 4.26. The monoisotopic (exact) mass is 290 g/mol. The predicted molar refractivity (Wildman–Crippen MR) is 75.5 cm³/mol. The molecular weight excluding hydrogens is 272 g/mol. The Hall–Kier alpha value is -2.37. The summed E-state index contributed by atoms with van der Waals surface area (Å²) in [5.74, 6) is -1.01. The van der Waals surface area contributed by atoms with Crippen LogP contribution in [-0.4, -0.2) is 42.5 Å². The van der Waals surface area contributed by atoms with Crippen LogP contribution < -0.4 is 5.32 Å². The molecule has 3 amide bonds. The number of nitrogens with zero attached hydrogens (tertiary/aromatic N) is 1. The van der Waals surface area contributed by atoms with Crippen LogP contribution in [0.3, 0.4) is 0 Å². The van der Waals surface area contributed by atoms with Crippen molar-refractivity contribution in [3.05, 3.63) is 35.9 Å². The molecule has 6 nitrogen and oxygen atoms in total. The zero-order chi connectivity index (χ0) is 15.5. The molecule has 0 atom stereocenters. The molecule has 1 aromatic carbocycles. The van der Waals surface area contributed by atoms with Gasteiger partial charge in [-0.1, -0.05) is 30.3 Å². The molecule has 0 radical (unpaired) electrons. The van der Waals surface area contributed by atoms with Crippen LogP contribution in [0.15, 0.2) is 30.3 Å². The van der Waals surface area contributed by atoms with Crippen LogP contribution in [0.5, 0.6) is 0 Å². The largest absolute Gasteiger partial charge is 0.455 e. The highest BCUT2D eigenvalue weighted by Gasteiger charge is 2.33. The Morgan fingerprint density at radius 1 is 1.29 bits per heavy atom. The number of carbonyl (C=O) groups is 3. The second kappa shape index (κ2) is 5.95. The summed E-state index contributed by atoms with van der Waals surface area (Å²) < 4.78 is 5.07. The molecular formula is C15H18N2O4. The third-order valence-corrected chi connectivity index (χ3v) is 3.49. The van der Waals surface area contributed by atoms with E-state index in [9.17, 15) is 14.4 Å². The molecule has 1 aliphatic heterocycles. The minimum absolute atomic E-state index is 0.303. The van der Waals surface area contributed by atoms with Gasteiger partial charge >= 0.3 is 12.0 Å². The summed E-state index contributed by atoms with van der Waals surface area (Å²) in [7, 11) is 0. The fourth-order valence-electron chi connectivity index (χ4n) is 2.07. The molecule has 0 spiro atoms. The van der Waals surface area contributed by atoms with E-state index in [0.717, 1.165) is 10.5 Å². The second-order valence-electron chi connectivity index (χ2n) is 5.34. The maximum absolute atomic E-state index is 12.2. The smallest absolute Gasteiger partial charge is 0.324 e. The number of ether oxygens (including phenoxy) is 1. The SMILES string of the molecule is CC(C)(C(=O)OCC(=O)N1CCNC1=O)c1ccccc1. The maximum Gasteiger partial charge on any atom is 0.324 e. The van der Waals surface area contributed by atoms with Crippen LogP contribution in [-0.2, 0) is 19.7 Å². The lowest BCUT2D eigenvalue weighted by atomic mass is 9.85. The van der Waals surface area contributed by atoms with Gasteiger partial charge in [0, 0.05) is 13.1 Å². The molecule has 21 heavy (non-hydrogen) atoms. The molecule has 0 saturated carbocycles. The number of rotatable bonds is 4. The Labute approximate surface area is 123 Å². The normalized spacial score (nSPS) is 14.8. The minimum atomic E-state index is -0.852. The van der Waals surface area contributed by atoms with Crippen molar-refractivity contribution in [1.82, 2.24) is 10.2 Å². The highest BCUT2D eigenvalue weighted by Crippen LogP contribution is 2.24. The molecule has 6 heteroatoms. The number of amides is 3. The number of nitrogens with one attached hydrogen (secondary N) is 1. The first kappa shape index (κ1) is 15.0. The number of urea groups is 1. The molecule has 0 unspecified atom stereocenters. The summed E-state index contributed by atoms with van der Waals surface area (Å²) in [6, 6.07) is 8.75. The van der Waals surface area contributed by atoms with Gasteiger partial charge in [-0.3, -0.25) is 14.5 Å². The molecule has 1 fully saturated rings. The Bertz CT molecular complexity index is 554. The van der Waals surface area contributed by atoms with Crippen LogP contribution in [0.4, 0.5) is 4.79 Å². The average molecular weight is 290 g/mol. The minimum Gasteiger partial charge on any atom is -0.455 e.